The van der Waals surface area contributed by atoms with Crippen molar-refractivity contribution in [3.63, 3.8) is 0 Å². The van der Waals surface area contributed by atoms with Crippen LogP contribution in [-0.2, 0) is 0 Å². The molecule has 98 valence electrons. The van der Waals surface area contributed by atoms with Crippen molar-refractivity contribution in [3.8, 4) is 0 Å². The highest BCUT2D eigenvalue weighted by Gasteiger charge is 2.30. The Balaban J connectivity index is 1.76. The zero-order valence-corrected chi connectivity index (χ0v) is 10.7. The Morgan fingerprint density at radius 1 is 0.941 bits per heavy atom. The quantitative estimate of drug-likeness (QED) is 0.561. The largest absolute Gasteiger partial charge is 0.785 e. The molecule has 0 aromatic rings. The van der Waals surface area contributed by atoms with Crippen molar-refractivity contribution in [2.75, 3.05) is 7.05 Å². The lowest BCUT2D eigenvalue weighted by Crippen LogP contribution is -2.34. The molecule has 2 rings (SSSR count). The van der Waals surface area contributed by atoms with Crippen molar-refractivity contribution in [2.45, 2.75) is 63.5 Å². The SMILES string of the molecule is CN([O-])C1CCC(C2CCC(N=O)CC2)CC1. The number of nitroso groups, excluding NO2 is 1. The van der Waals surface area contributed by atoms with Crippen LogP contribution in [0, 0.1) is 22.0 Å². The Bertz CT molecular complexity index is 242. The highest BCUT2D eigenvalue weighted by atomic mass is 16.5. The van der Waals surface area contributed by atoms with Crippen LogP contribution < -0.4 is 0 Å². The Kier molecular flexibility index (Phi) is 4.51. The van der Waals surface area contributed by atoms with E-state index in [1.54, 1.807) is 7.05 Å². The summed E-state index contributed by atoms with van der Waals surface area (Å²) < 4.78 is 0. The molecule has 0 atom stereocenters. The topological polar surface area (TPSA) is 55.7 Å². The van der Waals surface area contributed by atoms with E-state index in [1.165, 1.54) is 25.7 Å². The predicted octanol–water partition coefficient (Wildman–Crippen LogP) is 3.30. The molecule has 0 aromatic heterocycles. The molecular formula is C13H23N2O2-. The molecule has 4 nitrogen and oxygen atoms in total. The summed E-state index contributed by atoms with van der Waals surface area (Å²) in [6.07, 6.45) is 8.79. The van der Waals surface area contributed by atoms with E-state index in [0.29, 0.717) is 0 Å². The summed E-state index contributed by atoms with van der Waals surface area (Å²) in [5.74, 6) is 1.57. The maximum atomic E-state index is 11.2. The fourth-order valence-corrected chi connectivity index (χ4v) is 3.62. The van der Waals surface area contributed by atoms with Gasteiger partial charge in [0.1, 0.15) is 0 Å². The molecule has 0 saturated heterocycles. The van der Waals surface area contributed by atoms with Gasteiger partial charge in [-0.1, -0.05) is 5.18 Å². The van der Waals surface area contributed by atoms with Crippen LogP contribution in [0.15, 0.2) is 5.18 Å². The number of hydrogen-bond donors (Lipinski definition) is 0. The summed E-state index contributed by atoms with van der Waals surface area (Å²) in [5.41, 5.74) is 0. The van der Waals surface area contributed by atoms with Gasteiger partial charge in [0.15, 0.2) is 0 Å². The van der Waals surface area contributed by atoms with Gasteiger partial charge >= 0.3 is 0 Å². The molecule has 0 N–H and O–H groups in total. The molecule has 0 unspecified atom stereocenters. The van der Waals surface area contributed by atoms with E-state index in [9.17, 15) is 10.1 Å². The van der Waals surface area contributed by atoms with Crippen molar-refractivity contribution in [2.24, 2.45) is 17.0 Å². The van der Waals surface area contributed by atoms with Crippen LogP contribution in [0.4, 0.5) is 0 Å². The summed E-state index contributed by atoms with van der Waals surface area (Å²) >= 11 is 0. The lowest BCUT2D eigenvalue weighted by atomic mass is 9.71. The van der Waals surface area contributed by atoms with E-state index < -0.39 is 0 Å². The van der Waals surface area contributed by atoms with Gasteiger partial charge in [0.2, 0.25) is 0 Å². The summed E-state index contributed by atoms with van der Waals surface area (Å²) in [6, 6.07) is 0.328. The van der Waals surface area contributed by atoms with Gasteiger partial charge < -0.3 is 10.3 Å². The normalized spacial score (nSPS) is 39.2. The molecule has 0 aliphatic heterocycles. The Hall–Kier alpha value is -0.480. The molecule has 0 radical (unpaired) electrons. The molecule has 2 saturated carbocycles. The van der Waals surface area contributed by atoms with E-state index in [-0.39, 0.29) is 12.1 Å². The van der Waals surface area contributed by atoms with Crippen LogP contribution >= 0.6 is 0 Å². The third kappa shape index (κ3) is 3.26. The van der Waals surface area contributed by atoms with Crippen LogP contribution in [0.5, 0.6) is 0 Å². The van der Waals surface area contributed by atoms with Gasteiger partial charge in [-0.15, -0.1) is 0 Å². The molecule has 0 amide bonds. The first-order valence-corrected chi connectivity index (χ1v) is 6.93. The molecule has 0 aromatic carbocycles. The molecule has 17 heavy (non-hydrogen) atoms. The second-order valence-electron chi connectivity index (χ2n) is 5.79. The molecule has 0 spiro atoms. The first kappa shape index (κ1) is 13.0. The number of rotatable bonds is 3. The van der Waals surface area contributed by atoms with Gasteiger partial charge in [-0.25, -0.2) is 0 Å². The zero-order chi connectivity index (χ0) is 12.3. The summed E-state index contributed by atoms with van der Waals surface area (Å²) in [6.45, 7) is 0. The van der Waals surface area contributed by atoms with Gasteiger partial charge in [-0.2, -0.15) is 4.91 Å². The van der Waals surface area contributed by atoms with Gasteiger partial charge in [0.05, 0.1) is 6.04 Å². The highest BCUT2D eigenvalue weighted by molar-refractivity contribution is 4.85. The smallest absolute Gasteiger partial charge is 0.0920 e. The van der Waals surface area contributed by atoms with Crippen LogP contribution in [0.2, 0.25) is 0 Å². The van der Waals surface area contributed by atoms with E-state index in [0.717, 1.165) is 42.6 Å². The number of hydrogen-bond acceptors (Lipinski definition) is 4. The van der Waals surface area contributed by atoms with Crippen molar-refractivity contribution < 1.29 is 0 Å². The lowest BCUT2D eigenvalue weighted by Gasteiger charge is -2.41. The average Bonchev–Trinajstić information content (AvgIpc) is 2.39. The molecule has 2 fully saturated rings. The van der Waals surface area contributed by atoms with Gasteiger partial charge in [0, 0.05) is 0 Å². The zero-order valence-electron chi connectivity index (χ0n) is 10.7. The average molecular weight is 239 g/mol. The highest BCUT2D eigenvalue weighted by Crippen LogP contribution is 2.39. The maximum absolute atomic E-state index is 11.2. The summed E-state index contributed by atoms with van der Waals surface area (Å²) in [4.78, 5) is 10.5. The minimum Gasteiger partial charge on any atom is -0.785 e. The first-order valence-electron chi connectivity index (χ1n) is 6.93. The standard InChI is InChI=1S/C13H23N2O2/c1-15(17)13-8-4-11(5-9-13)10-2-6-12(14-16)7-3-10/h10-13H,2-9H2,1H3/q-1. The van der Waals surface area contributed by atoms with E-state index >= 15 is 0 Å². The van der Waals surface area contributed by atoms with Crippen molar-refractivity contribution >= 4 is 0 Å². The maximum Gasteiger partial charge on any atom is 0.0920 e. The second-order valence-corrected chi connectivity index (χ2v) is 5.79. The summed E-state index contributed by atoms with van der Waals surface area (Å²) in [5, 5.41) is 15.5. The first-order chi connectivity index (χ1) is 8.20. The monoisotopic (exact) mass is 239 g/mol. The second kappa shape index (κ2) is 5.91. The van der Waals surface area contributed by atoms with E-state index in [2.05, 4.69) is 5.18 Å². The molecule has 2 aliphatic rings. The molecule has 2 aliphatic carbocycles. The predicted molar refractivity (Wildman–Crippen MR) is 68.4 cm³/mol. The summed E-state index contributed by atoms with van der Waals surface area (Å²) in [7, 11) is 1.64. The molecule has 4 heteroatoms. The van der Waals surface area contributed by atoms with Crippen LogP contribution in [0.1, 0.15) is 51.4 Å². The number of nitrogens with zero attached hydrogens (tertiary/aromatic N) is 2. The molecule has 0 bridgehead atoms. The fourth-order valence-electron chi connectivity index (χ4n) is 3.62. The van der Waals surface area contributed by atoms with Crippen LogP contribution in [-0.4, -0.2) is 24.2 Å². The van der Waals surface area contributed by atoms with Crippen LogP contribution in [0.3, 0.4) is 0 Å². The minimum absolute atomic E-state index is 0.0790. The van der Waals surface area contributed by atoms with Crippen molar-refractivity contribution in [1.29, 1.82) is 0 Å². The fraction of sp³-hybridized carbons (Fsp3) is 1.00. The Labute approximate surface area is 103 Å². The van der Waals surface area contributed by atoms with Crippen molar-refractivity contribution in [1.82, 2.24) is 5.06 Å². The van der Waals surface area contributed by atoms with E-state index in [4.69, 9.17) is 0 Å². The Morgan fingerprint density at radius 2 is 1.41 bits per heavy atom. The van der Waals surface area contributed by atoms with Gasteiger partial charge in [-0.05, 0) is 76.3 Å². The minimum atomic E-state index is 0.0790. The Morgan fingerprint density at radius 3 is 1.82 bits per heavy atom. The van der Waals surface area contributed by atoms with Gasteiger partial charge in [0.25, 0.3) is 0 Å². The van der Waals surface area contributed by atoms with Gasteiger partial charge in [-0.3, -0.25) is 0 Å². The van der Waals surface area contributed by atoms with E-state index in [1.807, 2.05) is 0 Å². The third-order valence-electron chi connectivity index (χ3n) is 4.81. The lowest BCUT2D eigenvalue weighted by molar-refractivity contribution is 0.142. The van der Waals surface area contributed by atoms with Crippen LogP contribution in [0.25, 0.3) is 0 Å². The molecule has 0 heterocycles. The third-order valence-corrected chi connectivity index (χ3v) is 4.81. The van der Waals surface area contributed by atoms with Crippen molar-refractivity contribution in [3.05, 3.63) is 10.1 Å². The number of hydroxylamine groups is 2. The molecular weight excluding hydrogens is 216 g/mol.